The molecule has 2 rings (SSSR count). The van der Waals surface area contributed by atoms with E-state index in [1.54, 1.807) is 0 Å². The summed E-state index contributed by atoms with van der Waals surface area (Å²) < 4.78 is 39.6. The first-order valence-electron chi connectivity index (χ1n) is 9.36. The van der Waals surface area contributed by atoms with Gasteiger partial charge in [-0.2, -0.15) is 0 Å². The SMILES string of the molecule is C1=CCCC=CCC1.C1=CCCC=CCC1.[O-]B([O-])F.[O-]B([O-])F.[O-]B([O-])F.[O-]B([O-])F.[Rh].[Rh].[Rh].[Rh].[Rh].[Rh].[Rh].[Rh]. The van der Waals surface area contributed by atoms with Crippen LogP contribution in [-0.4, -0.2) is 29.6 Å². The van der Waals surface area contributed by atoms with Crippen LogP contribution in [0.2, 0.25) is 0 Å². The van der Waals surface area contributed by atoms with Crippen molar-refractivity contribution in [1.29, 1.82) is 0 Å². The summed E-state index contributed by atoms with van der Waals surface area (Å²) in [5, 5.41) is 66.4. The van der Waals surface area contributed by atoms with E-state index in [2.05, 4.69) is 48.6 Å². The monoisotopic (exact) mass is 1290 g/mol. The van der Waals surface area contributed by atoms with Crippen LogP contribution in [0.4, 0.5) is 17.3 Å². The molecule has 0 fully saturated rings. The molecule has 0 aromatic carbocycles. The molecule has 0 spiro atoms. The van der Waals surface area contributed by atoms with E-state index in [0.717, 1.165) is 0 Å². The van der Waals surface area contributed by atoms with Crippen molar-refractivity contribution in [3.05, 3.63) is 48.6 Å². The predicted octanol–water partition coefficient (Wildman–Crippen LogP) is -4.03. The first-order valence-corrected chi connectivity index (χ1v) is 9.36. The fourth-order valence-corrected chi connectivity index (χ4v) is 1.71. The molecule has 0 N–H and O–H groups in total. The van der Waals surface area contributed by atoms with Crippen molar-refractivity contribution in [2.45, 2.75) is 51.4 Å². The molecule has 0 bridgehead atoms. The van der Waals surface area contributed by atoms with Gasteiger partial charge in [-0.25, -0.2) is 0 Å². The maximum absolute atomic E-state index is 9.89. The van der Waals surface area contributed by atoms with Crippen molar-refractivity contribution in [2.75, 3.05) is 0 Å². The standard InChI is InChI=1S/2C8H12.4BFO2.8Rh/c2*1-2-4-6-8-7-5-3-1;4*2-1(3)4;;;;;;;;/h2*1-2,7-8H,3-6H2;;;;;;;;;;;;/q;;4*-2;;;;;;;;. The van der Waals surface area contributed by atoms with Gasteiger partial charge in [-0.15, -0.1) is 0 Å². The molecule has 0 amide bonds. The number of hydrogen-bond acceptors (Lipinski definition) is 8. The minimum absolute atomic E-state index is 0. The fraction of sp³-hybridized carbons (Fsp3) is 0.500. The molecule has 2 aliphatic rings. The van der Waals surface area contributed by atoms with Crippen LogP contribution in [0.1, 0.15) is 51.4 Å². The van der Waals surface area contributed by atoms with Gasteiger partial charge in [-0.05, 0) is 51.4 Å². The Hall–Kier alpha value is 3.61. The second-order valence-electron chi connectivity index (χ2n) is 5.29. The molecular weight excluding hydrogens is 1260 g/mol. The Morgan fingerprint density at radius 3 is 0.375 bits per heavy atom. The van der Waals surface area contributed by atoms with Gasteiger partial charge < -0.3 is 57.5 Å². The summed E-state index contributed by atoms with van der Waals surface area (Å²) in [7, 11) is -12.7. The number of allylic oxidation sites excluding steroid dienone is 8. The van der Waals surface area contributed by atoms with Gasteiger partial charge in [0.2, 0.25) is 0 Å². The second kappa shape index (κ2) is 73.8. The van der Waals surface area contributed by atoms with Crippen molar-refractivity contribution >= 4 is 29.6 Å². The summed E-state index contributed by atoms with van der Waals surface area (Å²) in [5.41, 5.74) is 0. The average molecular weight is 1290 g/mol. The number of rotatable bonds is 0. The first-order chi connectivity index (χ1) is 14.9. The summed E-state index contributed by atoms with van der Waals surface area (Å²) in [6.07, 6.45) is 28.0. The Labute approximate surface area is 338 Å². The van der Waals surface area contributed by atoms with Crippen molar-refractivity contribution in [1.82, 2.24) is 0 Å². The van der Waals surface area contributed by atoms with Crippen LogP contribution in [0.3, 0.4) is 0 Å². The summed E-state index contributed by atoms with van der Waals surface area (Å²) in [6, 6.07) is 0. The zero-order chi connectivity index (χ0) is 25.6. The molecule has 256 valence electrons. The zero-order valence-corrected chi connectivity index (χ0v) is 33.1. The predicted molar refractivity (Wildman–Crippen MR) is 101 cm³/mol. The third kappa shape index (κ3) is 178. The molecule has 40 heavy (non-hydrogen) atoms. The molecule has 8 nitrogen and oxygen atoms in total. The Morgan fingerprint density at radius 1 is 0.275 bits per heavy atom. The molecule has 0 saturated heterocycles. The van der Waals surface area contributed by atoms with Crippen LogP contribution < -0.4 is 40.2 Å². The van der Waals surface area contributed by atoms with Gasteiger partial charge in [0.25, 0.3) is 0 Å². The Balaban J connectivity index is -0.0000000233. The van der Waals surface area contributed by atoms with E-state index in [9.17, 15) is 17.3 Å². The van der Waals surface area contributed by atoms with Crippen LogP contribution in [0.25, 0.3) is 0 Å². The van der Waals surface area contributed by atoms with Crippen LogP contribution in [-0.2, 0) is 156 Å². The third-order valence-corrected chi connectivity index (χ3v) is 2.67. The van der Waals surface area contributed by atoms with Crippen molar-refractivity contribution in [3.8, 4) is 0 Å². The quantitative estimate of drug-likeness (QED) is 0.134. The molecular formula is C16H24B4F4O8Rh8-8. The van der Waals surface area contributed by atoms with Crippen molar-refractivity contribution < 1.29 is 213 Å². The van der Waals surface area contributed by atoms with Gasteiger partial charge in [-0.1, -0.05) is 48.6 Å². The fourth-order valence-electron chi connectivity index (χ4n) is 1.71. The molecule has 2 aliphatic carbocycles. The van der Waals surface area contributed by atoms with Gasteiger partial charge >= 0.3 is 0 Å². The normalized spacial score (nSPS) is 10.7. The van der Waals surface area contributed by atoms with Crippen LogP contribution in [0.15, 0.2) is 48.6 Å². The summed E-state index contributed by atoms with van der Waals surface area (Å²) in [5.74, 6) is 0. The number of hydrogen-bond donors (Lipinski definition) is 0. The molecule has 0 aromatic rings. The molecule has 0 heterocycles. The van der Waals surface area contributed by atoms with Gasteiger partial charge in [0.15, 0.2) is 0 Å². The summed E-state index contributed by atoms with van der Waals surface area (Å²) >= 11 is 0. The summed E-state index contributed by atoms with van der Waals surface area (Å²) in [6.45, 7) is 0. The smallest absolute Gasteiger partial charge is 0.121 e. The average Bonchev–Trinajstić information content (AvgIpc) is 2.51. The van der Waals surface area contributed by atoms with Gasteiger partial charge in [0.05, 0.1) is 0 Å². The molecule has 0 aliphatic heterocycles. The molecule has 0 unspecified atom stereocenters. The van der Waals surface area contributed by atoms with E-state index >= 15 is 0 Å². The van der Waals surface area contributed by atoms with Crippen LogP contribution in [0.5, 0.6) is 0 Å². The van der Waals surface area contributed by atoms with E-state index in [0.29, 0.717) is 0 Å². The van der Waals surface area contributed by atoms with Crippen molar-refractivity contribution in [3.63, 3.8) is 0 Å². The third-order valence-electron chi connectivity index (χ3n) is 2.67. The van der Waals surface area contributed by atoms with Crippen LogP contribution >= 0.6 is 0 Å². The van der Waals surface area contributed by atoms with Gasteiger partial charge in [-0.3, -0.25) is 0 Å². The van der Waals surface area contributed by atoms with Gasteiger partial charge in [0, 0.05) is 156 Å². The topological polar surface area (TPSA) is 184 Å². The zero-order valence-electron chi connectivity index (χ0n) is 20.0. The van der Waals surface area contributed by atoms with E-state index in [-0.39, 0.29) is 156 Å². The van der Waals surface area contributed by atoms with Gasteiger partial charge in [0.1, 0.15) is 29.6 Å². The van der Waals surface area contributed by atoms with Crippen molar-refractivity contribution in [2.24, 2.45) is 0 Å². The maximum Gasteiger partial charge on any atom is 0.121 e. The van der Waals surface area contributed by atoms with E-state index in [1.165, 1.54) is 51.4 Å². The van der Waals surface area contributed by atoms with E-state index in [4.69, 9.17) is 40.2 Å². The molecule has 0 atom stereocenters. The minimum Gasteiger partial charge on any atom is -0.867 e. The largest absolute Gasteiger partial charge is 0.867 e. The first kappa shape index (κ1) is 79.2. The van der Waals surface area contributed by atoms with Crippen LogP contribution in [0, 0.1) is 0 Å². The molecule has 24 heteroatoms. The van der Waals surface area contributed by atoms with E-state index < -0.39 is 29.6 Å². The Kier molecular flexibility index (Phi) is 146. The number of halogens is 4. The Bertz CT molecular complexity index is 372. The van der Waals surface area contributed by atoms with E-state index in [1.807, 2.05) is 0 Å². The molecule has 8 radical (unpaired) electrons. The summed E-state index contributed by atoms with van der Waals surface area (Å²) in [4.78, 5) is 0. The minimum atomic E-state index is -3.17. The molecule has 0 saturated carbocycles. The second-order valence-corrected chi connectivity index (χ2v) is 5.29. The maximum atomic E-state index is 9.89. The Morgan fingerprint density at radius 2 is 0.325 bits per heavy atom. The molecule has 0 aromatic heterocycles.